The fourth-order valence-corrected chi connectivity index (χ4v) is 5.20. The van der Waals surface area contributed by atoms with E-state index >= 15 is 0 Å². The lowest BCUT2D eigenvalue weighted by molar-refractivity contribution is -0.123. The summed E-state index contributed by atoms with van der Waals surface area (Å²) >= 11 is 0. The van der Waals surface area contributed by atoms with Crippen molar-refractivity contribution in [3.63, 3.8) is 0 Å². The van der Waals surface area contributed by atoms with Crippen LogP contribution in [0.3, 0.4) is 0 Å². The van der Waals surface area contributed by atoms with Gasteiger partial charge in [0.15, 0.2) is 0 Å². The molecule has 3 unspecified atom stereocenters. The van der Waals surface area contributed by atoms with Gasteiger partial charge in [0.05, 0.1) is 6.54 Å². The van der Waals surface area contributed by atoms with Crippen LogP contribution in [0.1, 0.15) is 63.4 Å². The molecule has 0 saturated heterocycles. The van der Waals surface area contributed by atoms with Crippen LogP contribution in [0.4, 0.5) is 5.82 Å². The lowest BCUT2D eigenvalue weighted by atomic mass is 9.64. The summed E-state index contributed by atoms with van der Waals surface area (Å²) in [6.07, 6.45) is 11.8. The van der Waals surface area contributed by atoms with Crippen LogP contribution >= 0.6 is 0 Å². The molecule has 2 aliphatic rings. The van der Waals surface area contributed by atoms with Crippen LogP contribution in [-0.4, -0.2) is 34.7 Å². The average Bonchev–Trinajstić information content (AvgIpc) is 2.68. The zero-order chi connectivity index (χ0) is 19.9. The molecule has 0 spiro atoms. The Balaban J connectivity index is 1.57. The fraction of sp³-hybridized carbons (Fsp3) is 0.682. The number of nitrogens with zero attached hydrogens (tertiary/aromatic N) is 2. The molecule has 6 heteroatoms. The number of pyridine rings is 1. The molecule has 1 aromatic heterocycles. The second kappa shape index (κ2) is 10.0. The summed E-state index contributed by atoms with van der Waals surface area (Å²) in [5.41, 5.74) is 12.0. The van der Waals surface area contributed by atoms with Crippen LogP contribution in [0.25, 0.3) is 0 Å². The van der Waals surface area contributed by atoms with E-state index in [4.69, 9.17) is 11.5 Å². The van der Waals surface area contributed by atoms with Gasteiger partial charge >= 0.3 is 0 Å². The SMILES string of the molecule is NC(=O)CCN(CC(=O)CC1CCCC2CCCCC21)Cc1ccc(N)nc1. The molecule has 28 heavy (non-hydrogen) atoms. The minimum atomic E-state index is -0.342. The first kappa shape index (κ1) is 20.8. The van der Waals surface area contributed by atoms with Crippen molar-refractivity contribution < 1.29 is 9.59 Å². The zero-order valence-electron chi connectivity index (χ0n) is 16.8. The van der Waals surface area contributed by atoms with E-state index in [1.807, 2.05) is 11.0 Å². The van der Waals surface area contributed by atoms with Crippen molar-refractivity contribution in [1.29, 1.82) is 0 Å². The highest BCUT2D eigenvalue weighted by Gasteiger charge is 2.35. The second-order valence-corrected chi connectivity index (χ2v) is 8.66. The van der Waals surface area contributed by atoms with Crippen LogP contribution in [0.5, 0.6) is 0 Å². The lowest BCUT2D eigenvalue weighted by Gasteiger charge is -2.41. The van der Waals surface area contributed by atoms with Crippen LogP contribution < -0.4 is 11.5 Å². The van der Waals surface area contributed by atoms with Crippen LogP contribution in [0, 0.1) is 17.8 Å². The number of hydrogen-bond donors (Lipinski definition) is 2. The first-order valence-corrected chi connectivity index (χ1v) is 10.7. The summed E-state index contributed by atoms with van der Waals surface area (Å²) in [6, 6.07) is 3.67. The van der Waals surface area contributed by atoms with Gasteiger partial charge in [-0.3, -0.25) is 14.5 Å². The van der Waals surface area contributed by atoms with Gasteiger partial charge < -0.3 is 11.5 Å². The molecule has 2 saturated carbocycles. The molecule has 0 radical (unpaired) electrons. The van der Waals surface area contributed by atoms with Gasteiger partial charge in [-0.1, -0.05) is 38.2 Å². The smallest absolute Gasteiger partial charge is 0.218 e. The third kappa shape index (κ3) is 6.03. The minimum absolute atomic E-state index is 0.254. The topological polar surface area (TPSA) is 102 Å². The summed E-state index contributed by atoms with van der Waals surface area (Å²) in [6.45, 7) is 1.43. The fourth-order valence-electron chi connectivity index (χ4n) is 5.20. The standard InChI is InChI=1S/C22H34N4O2/c23-21-9-8-16(13-25-21)14-26(11-10-22(24)28)15-19(27)12-18-6-3-5-17-4-1-2-7-20(17)18/h8-9,13,17-18,20H,1-7,10-12,14-15H2,(H2,23,25)(H2,24,28). The molecular formula is C22H34N4O2. The maximum Gasteiger partial charge on any atom is 0.218 e. The Hall–Kier alpha value is -1.95. The molecule has 1 aromatic rings. The molecule has 3 rings (SSSR count). The van der Waals surface area contributed by atoms with E-state index in [0.717, 1.165) is 17.4 Å². The van der Waals surface area contributed by atoms with E-state index in [9.17, 15) is 9.59 Å². The minimum Gasteiger partial charge on any atom is -0.384 e. The molecular weight excluding hydrogens is 352 g/mol. The Morgan fingerprint density at radius 1 is 1.11 bits per heavy atom. The summed E-state index contributed by atoms with van der Waals surface area (Å²) < 4.78 is 0. The third-order valence-electron chi connectivity index (χ3n) is 6.54. The molecule has 6 nitrogen and oxygen atoms in total. The van der Waals surface area contributed by atoms with E-state index in [0.29, 0.717) is 37.8 Å². The van der Waals surface area contributed by atoms with Gasteiger partial charge in [0.1, 0.15) is 11.6 Å². The maximum atomic E-state index is 12.9. The summed E-state index contributed by atoms with van der Waals surface area (Å²) in [7, 11) is 0. The van der Waals surface area contributed by atoms with Gasteiger partial charge in [0.2, 0.25) is 5.91 Å². The Morgan fingerprint density at radius 3 is 2.64 bits per heavy atom. The number of aromatic nitrogens is 1. The summed E-state index contributed by atoms with van der Waals surface area (Å²) in [5, 5.41) is 0. The Labute approximate surface area is 168 Å². The predicted octanol–water partition coefficient (Wildman–Crippen LogP) is 2.91. The predicted molar refractivity (Wildman–Crippen MR) is 110 cm³/mol. The van der Waals surface area contributed by atoms with Crippen molar-refractivity contribution >= 4 is 17.5 Å². The Bertz CT molecular complexity index is 659. The van der Waals surface area contributed by atoms with Crippen molar-refractivity contribution in [2.24, 2.45) is 23.5 Å². The number of rotatable bonds is 9. The second-order valence-electron chi connectivity index (χ2n) is 8.66. The largest absolute Gasteiger partial charge is 0.384 e. The molecule has 4 N–H and O–H groups in total. The summed E-state index contributed by atoms with van der Waals surface area (Å²) in [5.74, 6) is 2.54. The highest BCUT2D eigenvalue weighted by molar-refractivity contribution is 5.81. The van der Waals surface area contributed by atoms with E-state index in [1.165, 1.54) is 44.9 Å². The number of carbonyl (C=O) groups excluding carboxylic acids is 2. The number of ketones is 1. The van der Waals surface area contributed by atoms with Crippen molar-refractivity contribution in [3.8, 4) is 0 Å². The molecule has 3 atom stereocenters. The molecule has 2 aliphatic carbocycles. The zero-order valence-corrected chi connectivity index (χ0v) is 16.8. The van der Waals surface area contributed by atoms with Gasteiger partial charge in [-0.2, -0.15) is 0 Å². The van der Waals surface area contributed by atoms with Crippen LogP contribution in [-0.2, 0) is 16.1 Å². The highest BCUT2D eigenvalue weighted by Crippen LogP contribution is 2.45. The Morgan fingerprint density at radius 2 is 1.89 bits per heavy atom. The van der Waals surface area contributed by atoms with Crippen molar-refractivity contribution in [3.05, 3.63) is 23.9 Å². The highest BCUT2D eigenvalue weighted by atomic mass is 16.1. The number of carbonyl (C=O) groups is 2. The van der Waals surface area contributed by atoms with Crippen molar-refractivity contribution in [2.75, 3.05) is 18.8 Å². The van der Waals surface area contributed by atoms with Gasteiger partial charge in [-0.05, 0) is 42.2 Å². The molecule has 1 amide bonds. The number of Topliss-reactive ketones (excluding diaryl/α,β-unsaturated/α-hetero) is 1. The number of amides is 1. The van der Waals surface area contributed by atoms with E-state index in [-0.39, 0.29) is 18.1 Å². The van der Waals surface area contributed by atoms with Crippen LogP contribution in [0.15, 0.2) is 18.3 Å². The molecule has 2 fully saturated rings. The summed E-state index contributed by atoms with van der Waals surface area (Å²) in [4.78, 5) is 30.3. The molecule has 0 aromatic carbocycles. The van der Waals surface area contributed by atoms with Crippen molar-refractivity contribution in [2.45, 2.75) is 64.3 Å². The number of fused-ring (bicyclic) bond motifs is 1. The Kier molecular flexibility index (Phi) is 7.43. The van der Waals surface area contributed by atoms with E-state index in [2.05, 4.69) is 4.98 Å². The quantitative estimate of drug-likeness (QED) is 0.679. The number of nitrogens with two attached hydrogens (primary N) is 2. The lowest BCUT2D eigenvalue weighted by Crippen LogP contribution is -2.36. The third-order valence-corrected chi connectivity index (χ3v) is 6.54. The van der Waals surface area contributed by atoms with E-state index in [1.54, 1.807) is 12.3 Å². The first-order chi connectivity index (χ1) is 13.5. The van der Waals surface area contributed by atoms with E-state index < -0.39 is 0 Å². The van der Waals surface area contributed by atoms with Gasteiger partial charge in [-0.25, -0.2) is 4.98 Å². The van der Waals surface area contributed by atoms with Gasteiger partial charge in [0, 0.05) is 32.1 Å². The maximum absolute atomic E-state index is 12.9. The normalized spacial score (nSPS) is 24.7. The first-order valence-electron chi connectivity index (χ1n) is 10.7. The van der Waals surface area contributed by atoms with Crippen molar-refractivity contribution in [1.82, 2.24) is 9.88 Å². The molecule has 154 valence electrons. The van der Waals surface area contributed by atoms with Crippen LogP contribution in [0.2, 0.25) is 0 Å². The van der Waals surface area contributed by atoms with Gasteiger partial charge in [0.25, 0.3) is 0 Å². The number of anilines is 1. The molecule has 0 bridgehead atoms. The molecule has 0 aliphatic heterocycles. The molecule has 1 heterocycles. The number of primary amides is 1. The average molecular weight is 387 g/mol. The monoisotopic (exact) mass is 386 g/mol. The number of hydrogen-bond acceptors (Lipinski definition) is 5. The number of nitrogen functional groups attached to an aromatic ring is 1. The van der Waals surface area contributed by atoms with Gasteiger partial charge in [-0.15, -0.1) is 0 Å².